The van der Waals surface area contributed by atoms with E-state index in [0.717, 1.165) is 5.56 Å². The average molecular weight is 484 g/mol. The lowest BCUT2D eigenvalue weighted by atomic mass is 10.0. The number of nitrogens with one attached hydrogen (secondary N) is 1. The Kier molecular flexibility index (Phi) is 6.76. The van der Waals surface area contributed by atoms with Gasteiger partial charge in [0.15, 0.2) is 5.78 Å². The van der Waals surface area contributed by atoms with E-state index in [4.69, 9.17) is 27.8 Å². The second-order valence-electron chi connectivity index (χ2n) is 8.28. The zero-order valence-electron chi connectivity index (χ0n) is 18.7. The number of nitrogens with zero attached hydrogens (tertiary/aromatic N) is 2. The molecule has 3 amide bonds. The third kappa shape index (κ3) is 4.71. The fraction of sp³-hybridized carbons (Fsp3) is 0.292. The number of aromatic nitrogens is 1. The number of methoxy groups -OCH3 is 1. The number of para-hydroxylation sites is 1. The molecule has 1 aromatic heterocycles. The van der Waals surface area contributed by atoms with Crippen LogP contribution in [0, 0.1) is 0 Å². The first-order valence-electron chi connectivity index (χ1n) is 10.9. The molecule has 1 saturated heterocycles. The third-order valence-electron chi connectivity index (χ3n) is 6.04. The van der Waals surface area contributed by atoms with Crippen molar-refractivity contribution in [2.45, 2.75) is 31.3 Å². The normalized spacial score (nSPS) is 17.7. The Morgan fingerprint density at radius 2 is 1.97 bits per heavy atom. The van der Waals surface area contributed by atoms with Crippen LogP contribution >= 0.6 is 11.6 Å². The smallest absolute Gasteiger partial charge is 0.323 e. The molecule has 1 aliphatic rings. The highest BCUT2D eigenvalue weighted by Gasteiger charge is 2.38. The van der Waals surface area contributed by atoms with E-state index in [-0.39, 0.29) is 24.8 Å². The molecule has 1 aliphatic heterocycles. The van der Waals surface area contributed by atoms with Crippen molar-refractivity contribution in [3.05, 3.63) is 59.2 Å². The summed E-state index contributed by atoms with van der Waals surface area (Å²) in [5.41, 5.74) is 13.4. The Labute approximate surface area is 201 Å². The fourth-order valence-electron chi connectivity index (χ4n) is 4.41. The average Bonchev–Trinajstić information content (AvgIpc) is 3.39. The molecule has 9 nitrogen and oxygen atoms in total. The molecule has 0 spiro atoms. The molecular formula is C24H26ClN5O4. The SMILES string of the molecule is COc1ccc(Cl)cc1CCC(=O)[C@@H]1C[C@H](N)CN1C(=O)Nc1cn(C(N)=O)c2ccccc12. The van der Waals surface area contributed by atoms with E-state index in [1.165, 1.54) is 15.7 Å². The number of ketones is 1. The van der Waals surface area contributed by atoms with Crippen LogP contribution in [0.25, 0.3) is 10.9 Å². The molecule has 0 aliphatic carbocycles. The first-order chi connectivity index (χ1) is 16.3. The van der Waals surface area contributed by atoms with Crippen LogP contribution in [0.5, 0.6) is 5.75 Å². The van der Waals surface area contributed by atoms with Gasteiger partial charge < -0.3 is 26.4 Å². The van der Waals surface area contributed by atoms with Crippen LogP contribution in [0.1, 0.15) is 18.4 Å². The van der Waals surface area contributed by atoms with Crippen molar-refractivity contribution in [1.82, 2.24) is 9.47 Å². The second kappa shape index (κ2) is 9.74. The van der Waals surface area contributed by atoms with Gasteiger partial charge in [-0.05, 0) is 42.7 Å². The molecule has 0 unspecified atom stereocenters. The Bertz CT molecular complexity index is 1260. The highest BCUT2D eigenvalue weighted by Crippen LogP contribution is 2.28. The van der Waals surface area contributed by atoms with E-state index >= 15 is 0 Å². The number of nitrogens with two attached hydrogens (primary N) is 2. The summed E-state index contributed by atoms with van der Waals surface area (Å²) in [6.07, 6.45) is 2.49. The number of primary amides is 1. The molecule has 0 saturated carbocycles. The van der Waals surface area contributed by atoms with Gasteiger partial charge >= 0.3 is 12.1 Å². The first kappa shape index (κ1) is 23.6. The van der Waals surface area contributed by atoms with Crippen LogP contribution in [0.4, 0.5) is 15.3 Å². The van der Waals surface area contributed by atoms with Gasteiger partial charge in [-0.15, -0.1) is 0 Å². The minimum Gasteiger partial charge on any atom is -0.496 e. The van der Waals surface area contributed by atoms with Crippen molar-refractivity contribution in [2.75, 3.05) is 19.0 Å². The summed E-state index contributed by atoms with van der Waals surface area (Å²) in [7, 11) is 1.56. The van der Waals surface area contributed by atoms with Crippen molar-refractivity contribution in [1.29, 1.82) is 0 Å². The summed E-state index contributed by atoms with van der Waals surface area (Å²) < 4.78 is 6.62. The van der Waals surface area contributed by atoms with Crippen LogP contribution in [-0.2, 0) is 11.2 Å². The number of Topliss-reactive ketones (excluding diaryl/α,β-unsaturated/α-hetero) is 1. The van der Waals surface area contributed by atoms with E-state index < -0.39 is 18.1 Å². The summed E-state index contributed by atoms with van der Waals surface area (Å²) in [6, 6.07) is 10.3. The van der Waals surface area contributed by atoms with Gasteiger partial charge in [0.25, 0.3) is 0 Å². The summed E-state index contributed by atoms with van der Waals surface area (Å²) in [5, 5.41) is 4.04. The first-order valence-corrected chi connectivity index (χ1v) is 11.2. The molecule has 34 heavy (non-hydrogen) atoms. The van der Waals surface area contributed by atoms with Gasteiger partial charge in [0.2, 0.25) is 0 Å². The van der Waals surface area contributed by atoms with Crippen LogP contribution in [0.15, 0.2) is 48.7 Å². The topological polar surface area (TPSA) is 133 Å². The highest BCUT2D eigenvalue weighted by molar-refractivity contribution is 6.30. The van der Waals surface area contributed by atoms with Crippen LogP contribution in [0.3, 0.4) is 0 Å². The minimum atomic E-state index is -0.663. The maximum absolute atomic E-state index is 13.2. The van der Waals surface area contributed by atoms with Gasteiger partial charge in [0.1, 0.15) is 5.75 Å². The lowest BCUT2D eigenvalue weighted by molar-refractivity contribution is -0.122. The second-order valence-corrected chi connectivity index (χ2v) is 8.72. The molecule has 10 heteroatoms. The van der Waals surface area contributed by atoms with E-state index in [9.17, 15) is 14.4 Å². The molecule has 2 heterocycles. The summed E-state index contributed by atoms with van der Waals surface area (Å²) in [6.45, 7) is 0.247. The number of ether oxygens (including phenoxy) is 1. The standard InChI is InChI=1S/C24H26ClN5O4/c1-34-22-9-7-15(25)10-14(22)6-8-21(31)20-11-16(26)12-30(20)24(33)28-18-13-29(23(27)32)19-5-3-2-4-17(18)19/h2-5,7,9-10,13,16,20H,6,8,11-12,26H2,1H3,(H2,27,32)(H,28,33)/t16-,20-/m0/s1. The fourth-order valence-corrected chi connectivity index (χ4v) is 4.61. The van der Waals surface area contributed by atoms with Crippen molar-refractivity contribution < 1.29 is 19.1 Å². The van der Waals surface area contributed by atoms with Crippen LogP contribution in [0.2, 0.25) is 5.02 Å². The molecule has 0 bridgehead atoms. The number of urea groups is 1. The molecule has 178 valence electrons. The maximum atomic E-state index is 13.2. The minimum absolute atomic E-state index is 0.0929. The monoisotopic (exact) mass is 483 g/mol. The molecule has 4 rings (SSSR count). The van der Waals surface area contributed by atoms with Crippen LogP contribution in [-0.4, -0.2) is 53.1 Å². The number of hydrogen-bond acceptors (Lipinski definition) is 5. The Balaban J connectivity index is 1.50. The lowest BCUT2D eigenvalue weighted by Gasteiger charge is -2.24. The number of amides is 3. The number of fused-ring (bicyclic) bond motifs is 1. The Morgan fingerprint density at radius 3 is 2.71 bits per heavy atom. The maximum Gasteiger partial charge on any atom is 0.323 e. The molecular weight excluding hydrogens is 458 g/mol. The van der Waals surface area contributed by atoms with Crippen molar-refractivity contribution in [2.24, 2.45) is 11.5 Å². The zero-order valence-corrected chi connectivity index (χ0v) is 19.4. The largest absolute Gasteiger partial charge is 0.496 e. The molecule has 2 aromatic carbocycles. The zero-order chi connectivity index (χ0) is 24.4. The molecule has 2 atom stereocenters. The Morgan fingerprint density at radius 1 is 1.21 bits per heavy atom. The molecule has 5 N–H and O–H groups in total. The lowest BCUT2D eigenvalue weighted by Crippen LogP contribution is -2.43. The van der Waals surface area contributed by atoms with Gasteiger partial charge in [0.05, 0.1) is 24.4 Å². The van der Waals surface area contributed by atoms with Gasteiger partial charge in [-0.3, -0.25) is 9.36 Å². The van der Waals surface area contributed by atoms with Gasteiger partial charge in [-0.25, -0.2) is 9.59 Å². The molecule has 1 fully saturated rings. The number of carbonyl (C=O) groups excluding carboxylic acids is 3. The highest BCUT2D eigenvalue weighted by atomic mass is 35.5. The Hall–Kier alpha value is -3.56. The number of carbonyl (C=O) groups is 3. The summed E-state index contributed by atoms with van der Waals surface area (Å²) in [4.78, 5) is 39.5. The number of aryl methyl sites for hydroxylation is 1. The number of likely N-dealkylation sites (tertiary alicyclic amines) is 1. The van der Waals surface area contributed by atoms with Crippen molar-refractivity contribution in [3.63, 3.8) is 0 Å². The summed E-state index contributed by atoms with van der Waals surface area (Å²) in [5.74, 6) is 0.561. The van der Waals surface area contributed by atoms with E-state index in [1.54, 1.807) is 49.6 Å². The van der Waals surface area contributed by atoms with Crippen molar-refractivity contribution >= 4 is 46.0 Å². The van der Waals surface area contributed by atoms with E-state index in [1.807, 2.05) is 0 Å². The summed E-state index contributed by atoms with van der Waals surface area (Å²) >= 11 is 6.09. The van der Waals surface area contributed by atoms with E-state index in [2.05, 4.69) is 5.32 Å². The third-order valence-corrected chi connectivity index (χ3v) is 6.28. The number of rotatable bonds is 6. The predicted molar refractivity (Wildman–Crippen MR) is 130 cm³/mol. The number of halogens is 1. The van der Waals surface area contributed by atoms with Crippen LogP contribution < -0.4 is 21.5 Å². The van der Waals surface area contributed by atoms with Gasteiger partial charge in [-0.2, -0.15) is 0 Å². The van der Waals surface area contributed by atoms with E-state index in [0.29, 0.717) is 40.2 Å². The molecule has 0 radical (unpaired) electrons. The number of hydrogen-bond donors (Lipinski definition) is 3. The molecule has 3 aromatic rings. The van der Waals surface area contributed by atoms with Gasteiger partial charge in [0, 0.05) is 35.6 Å². The van der Waals surface area contributed by atoms with Gasteiger partial charge in [-0.1, -0.05) is 29.8 Å². The number of anilines is 1. The quantitative estimate of drug-likeness (QED) is 0.494. The predicted octanol–water partition coefficient (Wildman–Crippen LogP) is 3.37. The van der Waals surface area contributed by atoms with Crippen molar-refractivity contribution in [3.8, 4) is 5.75 Å². The number of benzene rings is 2.